The molecule has 0 spiro atoms. The molecule has 2 heteroatoms. The molecule has 3 aromatic rings. The van der Waals surface area contributed by atoms with E-state index >= 15 is 0 Å². The van der Waals surface area contributed by atoms with Crippen LogP contribution >= 0.6 is 0 Å². The quantitative estimate of drug-likeness (QED) is 0.575. The van der Waals surface area contributed by atoms with E-state index in [0.29, 0.717) is 0 Å². The Morgan fingerprint density at radius 3 is 2.07 bits per heavy atom. The van der Waals surface area contributed by atoms with Crippen molar-refractivity contribution >= 4 is 11.1 Å². The molecule has 0 saturated heterocycles. The van der Waals surface area contributed by atoms with Crippen LogP contribution in [0.25, 0.3) is 11.1 Å². The van der Waals surface area contributed by atoms with Crippen LogP contribution in [0, 0.1) is 19.8 Å². The van der Waals surface area contributed by atoms with Crippen LogP contribution in [0.3, 0.4) is 0 Å². The van der Waals surface area contributed by atoms with Gasteiger partial charge in [-0.05, 0) is 36.6 Å². The maximum Gasteiger partial charge on any atom is 0.0813 e. The highest BCUT2D eigenvalue weighted by molar-refractivity contribution is 6.00. The fourth-order valence-electron chi connectivity index (χ4n) is 4.24. The average Bonchev–Trinajstić information content (AvgIpc) is 3.18. The second-order valence-corrected chi connectivity index (χ2v) is 7.47. The summed E-state index contributed by atoms with van der Waals surface area (Å²) in [5.74, 6) is 0.279. The first-order valence-corrected chi connectivity index (χ1v) is 9.49. The van der Waals surface area contributed by atoms with Gasteiger partial charge in [0, 0.05) is 17.7 Å². The normalized spacial score (nSPS) is 20.5. The van der Waals surface area contributed by atoms with E-state index in [4.69, 9.17) is 0 Å². The predicted molar refractivity (Wildman–Crippen MR) is 111 cm³/mol. The summed E-state index contributed by atoms with van der Waals surface area (Å²) in [6.45, 7) is 4.27. The number of nitrogens with zero attached hydrogens (tertiary/aromatic N) is 2. The molecule has 2 aromatic carbocycles. The van der Waals surface area contributed by atoms with Gasteiger partial charge in [0.1, 0.15) is 0 Å². The molecule has 0 fully saturated rings. The van der Waals surface area contributed by atoms with Crippen molar-refractivity contribution in [2.45, 2.75) is 19.9 Å². The van der Waals surface area contributed by atoms with E-state index in [0.717, 1.165) is 0 Å². The predicted octanol–water partition coefficient (Wildman–Crippen LogP) is 5.76. The van der Waals surface area contributed by atoms with Gasteiger partial charge in [-0.2, -0.15) is 5.10 Å². The van der Waals surface area contributed by atoms with Crippen LogP contribution in [-0.4, -0.2) is 9.78 Å². The monoisotopic (exact) mass is 350 g/mol. The van der Waals surface area contributed by atoms with E-state index in [1.807, 2.05) is 6.20 Å². The molecule has 2 atom stereocenters. The van der Waals surface area contributed by atoms with Crippen LogP contribution in [0.2, 0.25) is 0 Å². The lowest BCUT2D eigenvalue weighted by Gasteiger charge is -2.35. The van der Waals surface area contributed by atoms with Gasteiger partial charge in [-0.25, -0.2) is 0 Å². The number of aromatic nitrogens is 2. The van der Waals surface area contributed by atoms with Gasteiger partial charge >= 0.3 is 0 Å². The second-order valence-electron chi connectivity index (χ2n) is 7.47. The molecule has 0 saturated carbocycles. The van der Waals surface area contributed by atoms with E-state index in [9.17, 15) is 0 Å². The summed E-state index contributed by atoms with van der Waals surface area (Å²) in [5.41, 5.74) is 8.97. The Balaban J connectivity index is 1.83. The summed E-state index contributed by atoms with van der Waals surface area (Å²) in [6.07, 6.45) is 10.8. The third-order valence-corrected chi connectivity index (χ3v) is 5.62. The Labute approximate surface area is 160 Å². The summed E-state index contributed by atoms with van der Waals surface area (Å²) >= 11 is 0. The third-order valence-electron chi connectivity index (χ3n) is 5.62. The Bertz CT molecular complexity index is 1080. The zero-order valence-electron chi connectivity index (χ0n) is 15.6. The van der Waals surface area contributed by atoms with Gasteiger partial charge < -0.3 is 0 Å². The number of fused-ring (bicyclic) bond motifs is 3. The Hall–Kier alpha value is -3.13. The topological polar surface area (TPSA) is 17.8 Å². The summed E-state index contributed by atoms with van der Waals surface area (Å²) in [7, 11) is 0. The highest BCUT2D eigenvalue weighted by atomic mass is 15.3. The summed E-state index contributed by atoms with van der Waals surface area (Å²) < 4.78 is 2.18. The number of aryl methyl sites for hydroxylation is 2. The number of hydrogen-bond acceptors (Lipinski definition) is 1. The highest BCUT2D eigenvalue weighted by Crippen LogP contribution is 2.47. The maximum atomic E-state index is 4.67. The lowest BCUT2D eigenvalue weighted by atomic mass is 9.76. The smallest absolute Gasteiger partial charge is 0.0813 e. The lowest BCUT2D eigenvalue weighted by molar-refractivity contribution is 0.469. The Morgan fingerprint density at radius 1 is 0.741 bits per heavy atom. The molecule has 1 aliphatic heterocycles. The molecular weight excluding hydrogens is 328 g/mol. The fraction of sp³-hybridized carbons (Fsp3) is 0.160. The third kappa shape index (κ3) is 2.60. The van der Waals surface area contributed by atoms with Crippen molar-refractivity contribution in [1.82, 2.24) is 9.78 Å². The first kappa shape index (κ1) is 16.1. The SMILES string of the molecule is Cc1ccc(C2=C(c3ccc(C)cc3)C3C=CC=CC3n3nccc32)cc1. The molecule has 5 rings (SSSR count). The maximum absolute atomic E-state index is 4.67. The molecule has 0 bridgehead atoms. The van der Waals surface area contributed by atoms with Crippen LogP contribution in [0.1, 0.15) is 34.0 Å². The van der Waals surface area contributed by atoms with Crippen LogP contribution in [-0.2, 0) is 0 Å². The molecule has 2 unspecified atom stereocenters. The summed E-state index contributed by atoms with van der Waals surface area (Å²) in [5, 5.41) is 4.67. The van der Waals surface area contributed by atoms with Crippen molar-refractivity contribution in [3.8, 4) is 0 Å². The minimum atomic E-state index is 0.227. The van der Waals surface area contributed by atoms with Crippen molar-refractivity contribution in [1.29, 1.82) is 0 Å². The molecule has 2 nitrogen and oxygen atoms in total. The first-order valence-electron chi connectivity index (χ1n) is 9.49. The van der Waals surface area contributed by atoms with Crippen molar-refractivity contribution < 1.29 is 0 Å². The van der Waals surface area contributed by atoms with Crippen molar-refractivity contribution in [2.75, 3.05) is 0 Å². The molecule has 1 aromatic heterocycles. The molecule has 132 valence electrons. The van der Waals surface area contributed by atoms with Crippen LogP contribution in [0.4, 0.5) is 0 Å². The van der Waals surface area contributed by atoms with Crippen LogP contribution < -0.4 is 0 Å². The number of allylic oxidation sites excluding steroid dienone is 5. The number of hydrogen-bond donors (Lipinski definition) is 0. The van der Waals surface area contributed by atoms with E-state index in [1.165, 1.54) is 39.1 Å². The van der Waals surface area contributed by atoms with E-state index in [2.05, 4.69) is 103 Å². The highest BCUT2D eigenvalue weighted by Gasteiger charge is 2.35. The Kier molecular flexibility index (Phi) is 3.71. The lowest BCUT2D eigenvalue weighted by Crippen LogP contribution is -2.27. The molecule has 27 heavy (non-hydrogen) atoms. The zero-order valence-corrected chi connectivity index (χ0v) is 15.6. The zero-order chi connectivity index (χ0) is 18.4. The second kappa shape index (κ2) is 6.24. The number of rotatable bonds is 2. The van der Waals surface area contributed by atoms with Crippen molar-refractivity contribution in [3.63, 3.8) is 0 Å². The van der Waals surface area contributed by atoms with Gasteiger partial charge in [-0.15, -0.1) is 0 Å². The van der Waals surface area contributed by atoms with E-state index in [1.54, 1.807) is 0 Å². The number of benzene rings is 2. The van der Waals surface area contributed by atoms with E-state index < -0.39 is 0 Å². The minimum absolute atomic E-state index is 0.227. The van der Waals surface area contributed by atoms with Crippen LogP contribution in [0.5, 0.6) is 0 Å². The fourth-order valence-corrected chi connectivity index (χ4v) is 4.24. The van der Waals surface area contributed by atoms with Gasteiger partial charge in [0.25, 0.3) is 0 Å². The molecule has 2 heterocycles. The van der Waals surface area contributed by atoms with Crippen molar-refractivity contribution in [2.24, 2.45) is 5.92 Å². The van der Waals surface area contributed by atoms with Gasteiger partial charge in [-0.1, -0.05) is 84.0 Å². The van der Waals surface area contributed by atoms with Crippen molar-refractivity contribution in [3.05, 3.63) is 113 Å². The molecular formula is C25H22N2. The molecule has 1 aliphatic carbocycles. The average molecular weight is 350 g/mol. The molecule has 2 aliphatic rings. The molecule has 0 radical (unpaired) electrons. The Morgan fingerprint density at radius 2 is 1.37 bits per heavy atom. The first-order chi connectivity index (χ1) is 13.2. The molecule has 0 N–H and O–H groups in total. The van der Waals surface area contributed by atoms with Gasteiger partial charge in [0.15, 0.2) is 0 Å². The minimum Gasteiger partial charge on any atom is -0.257 e. The van der Waals surface area contributed by atoms with Gasteiger partial charge in [0.2, 0.25) is 0 Å². The van der Waals surface area contributed by atoms with E-state index in [-0.39, 0.29) is 12.0 Å². The van der Waals surface area contributed by atoms with Gasteiger partial charge in [-0.3, -0.25) is 4.68 Å². The van der Waals surface area contributed by atoms with Crippen LogP contribution in [0.15, 0.2) is 85.1 Å². The standard InChI is InChI=1S/C25H22N2/c1-17-7-11-19(12-8-17)24-21-5-3-4-6-22(21)27-23(15-16-26-27)25(24)20-13-9-18(2)10-14-20/h3-16,21-22H,1-2H3. The largest absolute Gasteiger partial charge is 0.257 e. The molecule has 0 amide bonds. The van der Waals surface area contributed by atoms with Gasteiger partial charge in [0.05, 0.1) is 11.7 Å². The summed E-state index contributed by atoms with van der Waals surface area (Å²) in [6, 6.07) is 20.2. The summed E-state index contributed by atoms with van der Waals surface area (Å²) in [4.78, 5) is 0.